The van der Waals surface area contributed by atoms with Crippen molar-refractivity contribution in [3.8, 4) is 17.0 Å². The summed E-state index contributed by atoms with van der Waals surface area (Å²) in [5.74, 6) is -0.0220. The van der Waals surface area contributed by atoms with E-state index in [0.29, 0.717) is 17.5 Å². The second kappa shape index (κ2) is 3.92. The Morgan fingerprint density at radius 1 is 1.13 bits per heavy atom. The van der Waals surface area contributed by atoms with Gasteiger partial charge in [-0.2, -0.15) is 0 Å². The molecule has 0 unspecified atom stereocenters. The van der Waals surface area contributed by atoms with Gasteiger partial charge in [0.25, 0.3) is 0 Å². The zero-order valence-electron chi connectivity index (χ0n) is 7.92. The fourth-order valence-corrected chi connectivity index (χ4v) is 1.39. The zero-order valence-corrected chi connectivity index (χ0v) is 7.92. The van der Waals surface area contributed by atoms with Crippen molar-refractivity contribution in [2.24, 2.45) is 0 Å². The molecule has 0 radical (unpaired) electrons. The summed E-state index contributed by atoms with van der Waals surface area (Å²) in [5.41, 5.74) is 1.50. The monoisotopic (exact) mass is 199 g/mol. The van der Waals surface area contributed by atoms with Gasteiger partial charge in [-0.05, 0) is 24.3 Å². The Labute approximate surface area is 87.0 Å². The molecular formula is C12H9NO2. The van der Waals surface area contributed by atoms with Crippen molar-refractivity contribution in [3.63, 3.8) is 0 Å². The van der Waals surface area contributed by atoms with Crippen molar-refractivity contribution < 1.29 is 9.90 Å². The number of nitrogens with zero attached hydrogens (tertiary/aromatic N) is 1. The lowest BCUT2D eigenvalue weighted by molar-refractivity contribution is 0.112. The number of phenolic OH excluding ortho intramolecular Hbond substituents is 1. The fraction of sp³-hybridized carbons (Fsp3) is 0. The number of hydrogen-bond acceptors (Lipinski definition) is 3. The first-order chi connectivity index (χ1) is 7.33. The third-order valence-corrected chi connectivity index (χ3v) is 2.14. The van der Waals surface area contributed by atoms with E-state index < -0.39 is 0 Å². The highest BCUT2D eigenvalue weighted by Gasteiger charge is 2.08. The highest BCUT2D eigenvalue weighted by Crippen LogP contribution is 2.29. The van der Waals surface area contributed by atoms with Crippen molar-refractivity contribution in [1.82, 2.24) is 4.98 Å². The molecule has 0 saturated heterocycles. The number of aldehydes is 1. The molecule has 0 aliphatic carbocycles. The summed E-state index contributed by atoms with van der Waals surface area (Å²) in [5, 5.41) is 9.77. The summed E-state index contributed by atoms with van der Waals surface area (Å²) in [6.07, 6.45) is 2.27. The van der Waals surface area contributed by atoms with Gasteiger partial charge >= 0.3 is 0 Å². The maximum absolute atomic E-state index is 10.6. The number of para-hydroxylation sites is 1. The molecule has 3 heteroatoms. The van der Waals surface area contributed by atoms with E-state index in [9.17, 15) is 9.90 Å². The first-order valence-corrected chi connectivity index (χ1v) is 4.51. The number of carbonyl (C=O) groups excluding carboxylic acids is 1. The Balaban J connectivity index is 2.59. The van der Waals surface area contributed by atoms with E-state index in [0.717, 1.165) is 0 Å². The normalized spacial score (nSPS) is 9.87. The van der Waals surface area contributed by atoms with E-state index in [-0.39, 0.29) is 11.3 Å². The van der Waals surface area contributed by atoms with Gasteiger partial charge < -0.3 is 5.11 Å². The number of aromatic hydroxyl groups is 1. The van der Waals surface area contributed by atoms with Gasteiger partial charge in [0.2, 0.25) is 0 Å². The molecule has 0 saturated carbocycles. The molecule has 2 aromatic rings. The highest BCUT2D eigenvalue weighted by molar-refractivity contribution is 5.84. The zero-order chi connectivity index (χ0) is 10.7. The number of phenols is 1. The van der Waals surface area contributed by atoms with Gasteiger partial charge in [0.1, 0.15) is 5.75 Å². The third kappa shape index (κ3) is 1.72. The SMILES string of the molecule is O=Cc1cccc(-c2ccccn2)c1O. The van der Waals surface area contributed by atoms with Crippen molar-refractivity contribution >= 4 is 6.29 Å². The quantitative estimate of drug-likeness (QED) is 0.755. The molecule has 2 rings (SSSR count). The average molecular weight is 199 g/mol. The van der Waals surface area contributed by atoms with Crippen LogP contribution in [0.5, 0.6) is 5.75 Å². The largest absolute Gasteiger partial charge is 0.506 e. The molecule has 0 bridgehead atoms. The topological polar surface area (TPSA) is 50.2 Å². The second-order valence-electron chi connectivity index (χ2n) is 3.08. The molecule has 1 aromatic carbocycles. The number of hydrogen-bond donors (Lipinski definition) is 1. The molecule has 74 valence electrons. The second-order valence-corrected chi connectivity index (χ2v) is 3.08. The van der Waals surface area contributed by atoms with Gasteiger partial charge in [-0.1, -0.05) is 12.1 Å². The molecule has 3 nitrogen and oxygen atoms in total. The summed E-state index contributed by atoms with van der Waals surface area (Å²) < 4.78 is 0. The number of carbonyl (C=O) groups is 1. The molecule has 15 heavy (non-hydrogen) atoms. The van der Waals surface area contributed by atoms with Crippen LogP contribution < -0.4 is 0 Å². The summed E-state index contributed by atoms with van der Waals surface area (Å²) in [6, 6.07) is 10.4. The first kappa shape index (κ1) is 9.40. The van der Waals surface area contributed by atoms with Crippen LogP contribution in [0.1, 0.15) is 10.4 Å². The van der Waals surface area contributed by atoms with E-state index in [1.807, 2.05) is 6.07 Å². The predicted octanol–water partition coefficient (Wildman–Crippen LogP) is 2.27. The average Bonchev–Trinajstić information content (AvgIpc) is 2.30. The van der Waals surface area contributed by atoms with Crippen LogP contribution in [-0.4, -0.2) is 16.4 Å². The van der Waals surface area contributed by atoms with E-state index in [1.165, 1.54) is 0 Å². The molecule has 1 aromatic heterocycles. The number of benzene rings is 1. The lowest BCUT2D eigenvalue weighted by Gasteiger charge is -2.04. The Morgan fingerprint density at radius 3 is 2.67 bits per heavy atom. The molecule has 0 atom stereocenters. The van der Waals surface area contributed by atoms with Gasteiger partial charge in [0.15, 0.2) is 6.29 Å². The maximum Gasteiger partial charge on any atom is 0.153 e. The minimum atomic E-state index is -0.0220. The van der Waals surface area contributed by atoms with Crippen LogP contribution in [0.4, 0.5) is 0 Å². The van der Waals surface area contributed by atoms with Crippen LogP contribution in [0.2, 0.25) is 0 Å². The Kier molecular flexibility index (Phi) is 2.46. The van der Waals surface area contributed by atoms with Gasteiger partial charge in [0, 0.05) is 11.8 Å². The van der Waals surface area contributed by atoms with Gasteiger partial charge in [-0.25, -0.2) is 0 Å². The highest BCUT2D eigenvalue weighted by atomic mass is 16.3. The number of aromatic nitrogens is 1. The van der Waals surface area contributed by atoms with Crippen molar-refractivity contribution in [3.05, 3.63) is 48.2 Å². The lowest BCUT2D eigenvalue weighted by Crippen LogP contribution is -1.87. The molecule has 0 amide bonds. The van der Waals surface area contributed by atoms with E-state index >= 15 is 0 Å². The van der Waals surface area contributed by atoms with Crippen LogP contribution in [0, 0.1) is 0 Å². The Hall–Kier alpha value is -2.16. The molecule has 0 spiro atoms. The van der Waals surface area contributed by atoms with Crippen molar-refractivity contribution in [1.29, 1.82) is 0 Å². The third-order valence-electron chi connectivity index (χ3n) is 2.14. The standard InChI is InChI=1S/C12H9NO2/c14-8-9-4-3-5-10(12(9)15)11-6-1-2-7-13-11/h1-8,15H. The minimum absolute atomic E-state index is 0.0220. The van der Waals surface area contributed by atoms with E-state index in [4.69, 9.17) is 0 Å². The molecule has 0 aliphatic heterocycles. The number of pyridine rings is 1. The predicted molar refractivity (Wildman–Crippen MR) is 56.7 cm³/mol. The van der Waals surface area contributed by atoms with Crippen molar-refractivity contribution in [2.75, 3.05) is 0 Å². The van der Waals surface area contributed by atoms with Gasteiger partial charge in [0.05, 0.1) is 11.3 Å². The first-order valence-electron chi connectivity index (χ1n) is 4.51. The van der Waals surface area contributed by atoms with Crippen molar-refractivity contribution in [2.45, 2.75) is 0 Å². The summed E-state index contributed by atoms with van der Waals surface area (Å²) >= 11 is 0. The summed E-state index contributed by atoms with van der Waals surface area (Å²) in [6.45, 7) is 0. The fourth-order valence-electron chi connectivity index (χ4n) is 1.39. The van der Waals surface area contributed by atoms with E-state index in [2.05, 4.69) is 4.98 Å². The molecule has 1 N–H and O–H groups in total. The lowest BCUT2D eigenvalue weighted by atomic mass is 10.1. The number of rotatable bonds is 2. The molecule has 0 aliphatic rings. The summed E-state index contributed by atoms with van der Waals surface area (Å²) in [7, 11) is 0. The Bertz CT molecular complexity index is 480. The van der Waals surface area contributed by atoms with E-state index in [1.54, 1.807) is 36.5 Å². The van der Waals surface area contributed by atoms with Gasteiger partial charge in [-0.3, -0.25) is 9.78 Å². The maximum atomic E-state index is 10.6. The molecule has 0 fully saturated rings. The van der Waals surface area contributed by atoms with Crippen LogP contribution >= 0.6 is 0 Å². The van der Waals surface area contributed by atoms with Crippen LogP contribution in [0.25, 0.3) is 11.3 Å². The van der Waals surface area contributed by atoms with Crippen LogP contribution in [0.15, 0.2) is 42.6 Å². The molecule has 1 heterocycles. The van der Waals surface area contributed by atoms with Crippen LogP contribution in [0.3, 0.4) is 0 Å². The molecular weight excluding hydrogens is 190 g/mol. The smallest absolute Gasteiger partial charge is 0.153 e. The summed E-state index contributed by atoms with van der Waals surface area (Å²) in [4.78, 5) is 14.7. The Morgan fingerprint density at radius 2 is 2.00 bits per heavy atom. The minimum Gasteiger partial charge on any atom is -0.506 e. The van der Waals surface area contributed by atoms with Crippen LogP contribution in [-0.2, 0) is 0 Å². The van der Waals surface area contributed by atoms with Gasteiger partial charge in [-0.15, -0.1) is 0 Å².